The summed E-state index contributed by atoms with van der Waals surface area (Å²) in [5.74, 6) is 2.24. The summed E-state index contributed by atoms with van der Waals surface area (Å²) in [4.78, 5) is 27.0. The summed E-state index contributed by atoms with van der Waals surface area (Å²) in [6.07, 6.45) is 2.05. The molecule has 1 aliphatic rings. The molecule has 2 aromatic rings. The first kappa shape index (κ1) is 22.5. The molecule has 0 unspecified atom stereocenters. The van der Waals surface area contributed by atoms with Gasteiger partial charge in [0.2, 0.25) is 5.91 Å². The quantitative estimate of drug-likeness (QED) is 0.702. The maximum Gasteiger partial charge on any atom is 0.253 e. The van der Waals surface area contributed by atoms with E-state index in [2.05, 4.69) is 5.32 Å². The van der Waals surface area contributed by atoms with Crippen LogP contribution in [0.25, 0.3) is 0 Å². The van der Waals surface area contributed by atoms with Crippen LogP contribution in [-0.4, -0.2) is 57.7 Å². The van der Waals surface area contributed by atoms with Crippen molar-refractivity contribution >= 4 is 11.8 Å². The lowest BCUT2D eigenvalue weighted by atomic mass is 9.96. The minimum atomic E-state index is -0.0125. The van der Waals surface area contributed by atoms with Gasteiger partial charge in [-0.3, -0.25) is 9.59 Å². The minimum Gasteiger partial charge on any atom is -0.497 e. The van der Waals surface area contributed by atoms with Crippen molar-refractivity contribution in [2.45, 2.75) is 19.3 Å². The average Bonchev–Trinajstić information content (AvgIpc) is 2.82. The van der Waals surface area contributed by atoms with Gasteiger partial charge in [-0.25, -0.2) is 0 Å². The topological polar surface area (TPSA) is 77.1 Å². The molecule has 1 saturated heterocycles. The number of hydrogen-bond acceptors (Lipinski definition) is 5. The van der Waals surface area contributed by atoms with Crippen molar-refractivity contribution in [1.82, 2.24) is 10.2 Å². The van der Waals surface area contributed by atoms with Crippen molar-refractivity contribution in [2.24, 2.45) is 5.92 Å². The molecular weight excluding hydrogens is 396 g/mol. The summed E-state index contributed by atoms with van der Waals surface area (Å²) >= 11 is 0. The number of ether oxygens (including phenoxy) is 3. The van der Waals surface area contributed by atoms with Gasteiger partial charge in [0.15, 0.2) is 11.5 Å². The van der Waals surface area contributed by atoms with Crippen molar-refractivity contribution < 1.29 is 23.8 Å². The molecule has 7 nitrogen and oxygen atoms in total. The number of nitrogens with one attached hydrogen (secondary N) is 1. The highest BCUT2D eigenvalue weighted by Crippen LogP contribution is 2.28. The van der Waals surface area contributed by atoms with E-state index in [1.165, 1.54) is 0 Å². The molecule has 0 aliphatic carbocycles. The second-order valence-electron chi connectivity index (χ2n) is 7.64. The molecule has 0 aromatic heterocycles. The fraction of sp³-hybridized carbons (Fsp3) is 0.417. The van der Waals surface area contributed by atoms with E-state index >= 15 is 0 Å². The first-order valence-corrected chi connectivity index (χ1v) is 10.4. The number of nitrogens with zero attached hydrogens (tertiary/aromatic N) is 1. The fourth-order valence-electron chi connectivity index (χ4n) is 3.78. The third-order valence-electron chi connectivity index (χ3n) is 5.62. The molecule has 7 heteroatoms. The van der Waals surface area contributed by atoms with Crippen LogP contribution in [0, 0.1) is 5.92 Å². The Balaban J connectivity index is 1.46. The Bertz CT molecular complexity index is 907. The second-order valence-corrected chi connectivity index (χ2v) is 7.64. The van der Waals surface area contributed by atoms with E-state index in [1.807, 2.05) is 29.2 Å². The predicted molar refractivity (Wildman–Crippen MR) is 118 cm³/mol. The minimum absolute atomic E-state index is 0.00270. The number of methoxy groups -OCH3 is 3. The number of rotatable bonds is 8. The van der Waals surface area contributed by atoms with E-state index < -0.39 is 0 Å². The van der Waals surface area contributed by atoms with E-state index in [4.69, 9.17) is 14.2 Å². The molecule has 0 spiro atoms. The van der Waals surface area contributed by atoms with Crippen molar-refractivity contribution in [2.75, 3.05) is 41.0 Å². The Labute approximate surface area is 183 Å². The van der Waals surface area contributed by atoms with Gasteiger partial charge in [-0.2, -0.15) is 0 Å². The zero-order chi connectivity index (χ0) is 22.2. The zero-order valence-electron chi connectivity index (χ0n) is 18.3. The molecule has 1 fully saturated rings. The third-order valence-corrected chi connectivity index (χ3v) is 5.62. The van der Waals surface area contributed by atoms with Crippen LogP contribution in [0.3, 0.4) is 0 Å². The number of amides is 2. The fourth-order valence-corrected chi connectivity index (χ4v) is 3.78. The van der Waals surface area contributed by atoms with Crippen molar-refractivity contribution in [3.05, 3.63) is 53.6 Å². The maximum absolute atomic E-state index is 12.8. The second kappa shape index (κ2) is 10.7. The Morgan fingerprint density at radius 2 is 1.71 bits per heavy atom. The summed E-state index contributed by atoms with van der Waals surface area (Å²) in [6.45, 7) is 1.97. The van der Waals surface area contributed by atoms with Gasteiger partial charge in [0.25, 0.3) is 5.91 Å². The van der Waals surface area contributed by atoms with Gasteiger partial charge in [0.05, 0.1) is 27.8 Å². The van der Waals surface area contributed by atoms with Crippen LogP contribution >= 0.6 is 0 Å². The molecule has 1 N–H and O–H groups in total. The normalized spacial score (nSPS) is 14.1. The van der Waals surface area contributed by atoms with E-state index in [0.29, 0.717) is 49.0 Å². The molecule has 0 atom stereocenters. The highest BCUT2D eigenvalue weighted by atomic mass is 16.5. The van der Waals surface area contributed by atoms with E-state index in [9.17, 15) is 9.59 Å². The SMILES string of the molecule is COc1cccc(CC(=O)NCC2CCN(C(=O)c3ccc(OC)c(OC)c3)CC2)c1. The van der Waals surface area contributed by atoms with Crippen molar-refractivity contribution in [3.63, 3.8) is 0 Å². The molecule has 1 aliphatic heterocycles. The lowest BCUT2D eigenvalue weighted by Crippen LogP contribution is -2.41. The van der Waals surface area contributed by atoms with E-state index in [-0.39, 0.29) is 11.8 Å². The summed E-state index contributed by atoms with van der Waals surface area (Å²) < 4.78 is 15.7. The maximum atomic E-state index is 12.8. The zero-order valence-corrected chi connectivity index (χ0v) is 18.3. The summed E-state index contributed by atoms with van der Waals surface area (Å²) in [5, 5.41) is 3.03. The van der Waals surface area contributed by atoms with E-state index in [0.717, 1.165) is 24.2 Å². The number of hydrogen-bond donors (Lipinski definition) is 1. The molecule has 0 bridgehead atoms. The third kappa shape index (κ3) is 5.90. The molecule has 2 amide bonds. The highest BCUT2D eigenvalue weighted by Gasteiger charge is 2.24. The van der Waals surface area contributed by atoms with Crippen molar-refractivity contribution in [1.29, 1.82) is 0 Å². The number of carbonyl (C=O) groups is 2. The molecule has 3 rings (SSSR count). The van der Waals surface area contributed by atoms with Crippen LogP contribution < -0.4 is 19.5 Å². The largest absolute Gasteiger partial charge is 0.497 e. The number of benzene rings is 2. The Hall–Kier alpha value is -3.22. The van der Waals surface area contributed by atoms with Crippen molar-refractivity contribution in [3.8, 4) is 17.2 Å². The van der Waals surface area contributed by atoms with Gasteiger partial charge < -0.3 is 24.4 Å². The predicted octanol–water partition coefficient (Wildman–Crippen LogP) is 2.92. The van der Waals surface area contributed by atoms with Crippen LogP contribution in [0.15, 0.2) is 42.5 Å². The van der Waals surface area contributed by atoms with Crippen LogP contribution in [0.1, 0.15) is 28.8 Å². The first-order chi connectivity index (χ1) is 15.0. The number of carbonyl (C=O) groups excluding carboxylic acids is 2. The van der Waals surface area contributed by atoms with E-state index in [1.54, 1.807) is 39.5 Å². The van der Waals surface area contributed by atoms with Crippen LogP contribution in [-0.2, 0) is 11.2 Å². The summed E-state index contributed by atoms with van der Waals surface area (Å²) in [7, 11) is 4.74. The molecule has 166 valence electrons. The number of piperidine rings is 1. The first-order valence-electron chi connectivity index (χ1n) is 10.4. The lowest BCUT2D eigenvalue weighted by molar-refractivity contribution is -0.120. The van der Waals surface area contributed by atoms with Gasteiger partial charge in [-0.1, -0.05) is 12.1 Å². The standard InChI is InChI=1S/C24H30N2O5/c1-29-20-6-4-5-18(13-20)14-23(27)25-16-17-9-11-26(12-10-17)24(28)19-7-8-21(30-2)22(15-19)31-3/h4-8,13,15,17H,9-12,14,16H2,1-3H3,(H,25,27). The number of likely N-dealkylation sites (tertiary alicyclic amines) is 1. The lowest BCUT2D eigenvalue weighted by Gasteiger charge is -2.32. The molecular formula is C24H30N2O5. The molecule has 2 aromatic carbocycles. The Morgan fingerprint density at radius 3 is 2.39 bits per heavy atom. The van der Waals surface area contributed by atoms with Crippen LogP contribution in [0.4, 0.5) is 0 Å². The average molecular weight is 427 g/mol. The van der Waals surface area contributed by atoms with Gasteiger partial charge in [0, 0.05) is 25.2 Å². The highest BCUT2D eigenvalue weighted by molar-refractivity contribution is 5.95. The van der Waals surface area contributed by atoms with Gasteiger partial charge in [-0.05, 0) is 54.7 Å². The summed E-state index contributed by atoms with van der Waals surface area (Å²) in [5.41, 5.74) is 1.51. The monoisotopic (exact) mass is 426 g/mol. The van der Waals surface area contributed by atoms with Crippen LogP contribution in [0.5, 0.6) is 17.2 Å². The molecule has 1 heterocycles. The smallest absolute Gasteiger partial charge is 0.253 e. The Morgan fingerprint density at radius 1 is 0.968 bits per heavy atom. The van der Waals surface area contributed by atoms with Gasteiger partial charge in [0.1, 0.15) is 5.75 Å². The molecule has 0 saturated carbocycles. The molecule has 0 radical (unpaired) electrons. The van der Waals surface area contributed by atoms with Gasteiger partial charge >= 0.3 is 0 Å². The van der Waals surface area contributed by atoms with Gasteiger partial charge in [-0.15, -0.1) is 0 Å². The summed E-state index contributed by atoms with van der Waals surface area (Å²) in [6, 6.07) is 12.8. The Kier molecular flexibility index (Phi) is 7.76. The molecule has 31 heavy (non-hydrogen) atoms. The van der Waals surface area contributed by atoms with Crippen LogP contribution in [0.2, 0.25) is 0 Å².